The summed E-state index contributed by atoms with van der Waals surface area (Å²) in [6, 6.07) is -2.96. The van der Waals surface area contributed by atoms with Crippen LogP contribution in [0, 0.1) is 6.85 Å². The molecule has 1 rings (SSSR count). The highest BCUT2D eigenvalue weighted by Crippen LogP contribution is 2.05. The fourth-order valence-corrected chi connectivity index (χ4v) is 0.537. The number of carbonyl (C=O) groups excluding carboxylic acids is 1. The molecule has 0 aliphatic carbocycles. The Hall–Kier alpha value is -0.820. The Morgan fingerprint density at radius 2 is 2.60 bits per heavy atom. The van der Waals surface area contributed by atoms with Gasteiger partial charge in [0, 0.05) is 9.68 Å². The molecule has 0 aliphatic heterocycles. The third-order valence-electron chi connectivity index (χ3n) is 0.822. The van der Waals surface area contributed by atoms with Crippen LogP contribution >= 0.6 is 11.6 Å². The van der Waals surface area contributed by atoms with Crippen LogP contribution in [0.5, 0.6) is 0 Å². The second-order valence-electron chi connectivity index (χ2n) is 1.52. The number of hydrogen-bond donors (Lipinski definition) is 0. The van der Waals surface area contributed by atoms with Crippen molar-refractivity contribution in [1.82, 2.24) is 0 Å². The van der Waals surface area contributed by atoms with E-state index in [1.165, 1.54) is 0 Å². The maximum atomic E-state index is 11.0. The van der Waals surface area contributed by atoms with E-state index in [1.807, 2.05) is 0 Å². The summed E-state index contributed by atoms with van der Waals surface area (Å²) >= 11 is 5.15. The summed E-state index contributed by atoms with van der Waals surface area (Å²) in [6.07, 6.45) is 0. The van der Waals surface area contributed by atoms with E-state index < -0.39 is 47.4 Å². The summed E-state index contributed by atoms with van der Waals surface area (Å²) in [7, 11) is 0. The summed E-state index contributed by atoms with van der Waals surface area (Å²) in [5, 5.41) is -1.18. The van der Waals surface area contributed by atoms with Gasteiger partial charge in [0.2, 0.25) is 0 Å². The van der Waals surface area contributed by atoms with E-state index in [0.29, 0.717) is 0 Å². The van der Waals surface area contributed by atoms with Gasteiger partial charge in [0.1, 0.15) is 0 Å². The SMILES string of the molecule is [2H]c1c([2H])c(C(=O)Cl)c([2H])c(C([2H])([2H])[2H])c1[2H]. The Balaban J connectivity index is 3.81. The zero-order valence-corrected chi connectivity index (χ0v) is 5.54. The zero-order valence-electron chi connectivity index (χ0n) is 11.8. The molecule has 0 unspecified atom stereocenters. The molecule has 52 valence electrons. The largest absolute Gasteiger partial charge is 0.276 e. The van der Waals surface area contributed by atoms with Gasteiger partial charge in [-0.1, -0.05) is 23.7 Å². The predicted molar refractivity (Wildman–Crippen MR) is 41.4 cm³/mol. The Bertz CT molecular complexity index is 494. The molecule has 2 heteroatoms. The van der Waals surface area contributed by atoms with Crippen LogP contribution in [-0.4, -0.2) is 5.24 Å². The molecule has 0 bridgehead atoms. The highest BCUT2D eigenvalue weighted by molar-refractivity contribution is 6.67. The second kappa shape index (κ2) is 2.84. The molecule has 0 heterocycles. The first kappa shape index (κ1) is 2.35. The van der Waals surface area contributed by atoms with E-state index in [-0.39, 0.29) is 0 Å². The van der Waals surface area contributed by atoms with Gasteiger partial charge in [-0.05, 0) is 24.5 Å². The van der Waals surface area contributed by atoms with Crippen molar-refractivity contribution in [3.05, 3.63) is 35.3 Å². The van der Waals surface area contributed by atoms with Crippen LogP contribution in [0.3, 0.4) is 0 Å². The molecule has 0 spiro atoms. The summed E-state index contributed by atoms with van der Waals surface area (Å²) in [4.78, 5) is 11.0. The summed E-state index contributed by atoms with van der Waals surface area (Å²) < 4.78 is 51.2. The average molecular weight is 162 g/mol. The predicted octanol–water partition coefficient (Wildman–Crippen LogP) is 2.37. The van der Waals surface area contributed by atoms with Gasteiger partial charge in [0.05, 0.1) is 5.48 Å². The molecule has 0 saturated heterocycles. The molecule has 0 radical (unpaired) electrons. The van der Waals surface area contributed by atoms with Crippen molar-refractivity contribution >= 4 is 16.8 Å². The number of halogens is 1. The lowest BCUT2D eigenvalue weighted by Gasteiger charge is -1.93. The number of benzene rings is 1. The Morgan fingerprint density at radius 3 is 3.20 bits per heavy atom. The lowest BCUT2D eigenvalue weighted by molar-refractivity contribution is 0.108. The van der Waals surface area contributed by atoms with Crippen molar-refractivity contribution in [3.63, 3.8) is 0 Å². The van der Waals surface area contributed by atoms with Gasteiger partial charge in [0.15, 0.2) is 0 Å². The molecular formula is C8H7ClO. The maximum Gasteiger partial charge on any atom is 0.252 e. The minimum absolute atomic E-state index is 0.654. The Labute approximate surface area is 74.5 Å². The molecule has 0 N–H and O–H groups in total. The first-order chi connectivity index (χ1) is 7.59. The van der Waals surface area contributed by atoms with Gasteiger partial charge in [-0.3, -0.25) is 4.79 Å². The molecule has 0 saturated carbocycles. The first-order valence-electron chi connectivity index (χ1n) is 5.89. The topological polar surface area (TPSA) is 17.1 Å². The number of hydrogen-bond acceptors (Lipinski definition) is 1. The molecular weight excluding hydrogens is 148 g/mol. The van der Waals surface area contributed by atoms with Crippen LogP contribution in [0.1, 0.15) is 25.5 Å². The van der Waals surface area contributed by atoms with Gasteiger partial charge >= 0.3 is 0 Å². The fourth-order valence-electron chi connectivity index (χ4n) is 0.442. The summed E-state index contributed by atoms with van der Waals surface area (Å²) in [6.45, 7) is -2.81. The second-order valence-corrected chi connectivity index (χ2v) is 1.87. The Kier molecular flexibility index (Phi) is 0.667. The van der Waals surface area contributed by atoms with E-state index in [2.05, 4.69) is 0 Å². The maximum absolute atomic E-state index is 11.0. The third-order valence-corrected chi connectivity index (χ3v) is 1.01. The van der Waals surface area contributed by atoms with E-state index >= 15 is 0 Å². The van der Waals surface area contributed by atoms with Gasteiger partial charge in [-0.15, -0.1) is 0 Å². The average Bonchev–Trinajstić information content (AvgIpc) is 2.11. The molecule has 0 atom stereocenters. The standard InChI is InChI=1S/C8H7ClO/c1-6-3-2-4-7(5-6)8(9)10/h2-5H,1H3/i1D3,2D,3D,4D,5D. The highest BCUT2D eigenvalue weighted by Gasteiger charge is 1.98. The van der Waals surface area contributed by atoms with Crippen LogP contribution in [-0.2, 0) is 0 Å². The van der Waals surface area contributed by atoms with E-state index in [9.17, 15) is 4.79 Å². The van der Waals surface area contributed by atoms with Crippen LogP contribution in [0.25, 0.3) is 0 Å². The summed E-state index contributed by atoms with van der Waals surface area (Å²) in [5.41, 5.74) is -1.39. The quantitative estimate of drug-likeness (QED) is 0.578. The fraction of sp³-hybridized carbons (Fsp3) is 0.125. The molecule has 0 fully saturated rings. The number of rotatable bonds is 1. The van der Waals surface area contributed by atoms with Crippen LogP contribution < -0.4 is 0 Å². The molecule has 0 aliphatic rings. The van der Waals surface area contributed by atoms with E-state index in [1.54, 1.807) is 0 Å². The number of carbonyl (C=O) groups is 1. The monoisotopic (exact) mass is 161 g/mol. The van der Waals surface area contributed by atoms with Crippen molar-refractivity contribution in [1.29, 1.82) is 0 Å². The lowest BCUT2D eigenvalue weighted by atomic mass is 10.2. The van der Waals surface area contributed by atoms with Crippen LogP contribution in [0.15, 0.2) is 24.2 Å². The van der Waals surface area contributed by atoms with Crippen LogP contribution in [0.2, 0.25) is 0 Å². The highest BCUT2D eigenvalue weighted by atomic mass is 35.5. The minimum atomic E-state index is -2.81. The first-order valence-corrected chi connectivity index (χ1v) is 2.77. The van der Waals surface area contributed by atoms with Crippen molar-refractivity contribution in [2.24, 2.45) is 0 Å². The third kappa shape index (κ3) is 1.58. The molecule has 0 amide bonds. The zero-order chi connectivity index (χ0) is 13.5. The van der Waals surface area contributed by atoms with Crippen LogP contribution in [0.4, 0.5) is 0 Å². The minimum Gasteiger partial charge on any atom is -0.276 e. The molecule has 1 aromatic rings. The lowest BCUT2D eigenvalue weighted by Crippen LogP contribution is -1.87. The van der Waals surface area contributed by atoms with Gasteiger partial charge in [-0.25, -0.2) is 0 Å². The van der Waals surface area contributed by atoms with Crippen molar-refractivity contribution in [2.75, 3.05) is 0 Å². The van der Waals surface area contributed by atoms with Gasteiger partial charge in [0.25, 0.3) is 5.24 Å². The summed E-state index contributed by atoms with van der Waals surface area (Å²) in [5.74, 6) is 0. The van der Waals surface area contributed by atoms with E-state index in [4.69, 9.17) is 21.2 Å². The normalized spacial score (nSPS) is 20.7. The van der Waals surface area contributed by atoms with E-state index in [0.717, 1.165) is 0 Å². The smallest absolute Gasteiger partial charge is 0.252 e. The van der Waals surface area contributed by atoms with Gasteiger partial charge in [-0.2, -0.15) is 0 Å². The van der Waals surface area contributed by atoms with Crippen molar-refractivity contribution in [2.45, 2.75) is 6.85 Å². The van der Waals surface area contributed by atoms with Gasteiger partial charge < -0.3 is 0 Å². The van der Waals surface area contributed by atoms with Crippen molar-refractivity contribution in [3.8, 4) is 0 Å². The molecule has 1 nitrogen and oxygen atoms in total. The molecule has 1 aromatic carbocycles. The molecule has 10 heavy (non-hydrogen) atoms. The molecule has 0 aromatic heterocycles. The Morgan fingerprint density at radius 1 is 1.80 bits per heavy atom. The van der Waals surface area contributed by atoms with Crippen molar-refractivity contribution < 1.29 is 14.4 Å².